The van der Waals surface area contributed by atoms with Crippen molar-refractivity contribution in [1.29, 1.82) is 0 Å². The van der Waals surface area contributed by atoms with Gasteiger partial charge in [-0.3, -0.25) is 4.79 Å². The van der Waals surface area contributed by atoms with E-state index in [0.717, 1.165) is 6.54 Å². The zero-order chi connectivity index (χ0) is 13.5. The summed E-state index contributed by atoms with van der Waals surface area (Å²) in [5.41, 5.74) is 3.17. The van der Waals surface area contributed by atoms with Crippen molar-refractivity contribution in [2.24, 2.45) is 5.41 Å². The van der Waals surface area contributed by atoms with Crippen molar-refractivity contribution in [3.63, 3.8) is 0 Å². The van der Waals surface area contributed by atoms with E-state index in [1.165, 1.54) is 16.8 Å². The minimum Gasteiger partial charge on any atom is -0.481 e. The molecule has 98 valence electrons. The number of benzene rings is 1. The number of rotatable bonds is 3. The van der Waals surface area contributed by atoms with Crippen molar-refractivity contribution in [2.75, 3.05) is 18.5 Å². The van der Waals surface area contributed by atoms with Crippen molar-refractivity contribution < 1.29 is 9.90 Å². The summed E-state index contributed by atoms with van der Waals surface area (Å²) in [4.78, 5) is 13.5. The van der Waals surface area contributed by atoms with Crippen LogP contribution in [-0.2, 0) is 4.79 Å². The molecular formula is C15H21NO2. The van der Waals surface area contributed by atoms with E-state index in [4.69, 9.17) is 0 Å². The zero-order valence-electron chi connectivity index (χ0n) is 11.5. The van der Waals surface area contributed by atoms with E-state index in [-0.39, 0.29) is 0 Å². The second-order valence-corrected chi connectivity index (χ2v) is 5.98. The Morgan fingerprint density at radius 3 is 2.78 bits per heavy atom. The van der Waals surface area contributed by atoms with Crippen LogP contribution in [0.25, 0.3) is 0 Å². The van der Waals surface area contributed by atoms with Crippen LogP contribution < -0.4 is 4.90 Å². The number of nitrogens with zero attached hydrogens (tertiary/aromatic N) is 1. The molecule has 0 bridgehead atoms. The highest BCUT2D eigenvalue weighted by molar-refractivity contribution is 5.74. The summed E-state index contributed by atoms with van der Waals surface area (Å²) in [6, 6.07) is 6.30. The number of aliphatic carboxylic acids is 1. The molecule has 0 radical (unpaired) electrons. The quantitative estimate of drug-likeness (QED) is 0.892. The van der Waals surface area contributed by atoms with Gasteiger partial charge in [-0.1, -0.05) is 12.1 Å². The molecule has 3 heteroatoms. The Morgan fingerprint density at radius 2 is 2.17 bits per heavy atom. The van der Waals surface area contributed by atoms with E-state index in [9.17, 15) is 9.90 Å². The summed E-state index contributed by atoms with van der Waals surface area (Å²) in [6.45, 7) is 6.65. The molecule has 1 aliphatic heterocycles. The van der Waals surface area contributed by atoms with Gasteiger partial charge in [0.25, 0.3) is 0 Å². The summed E-state index contributed by atoms with van der Waals surface area (Å²) >= 11 is 0. The Kier molecular flexibility index (Phi) is 3.09. The third kappa shape index (κ3) is 2.09. The van der Waals surface area contributed by atoms with Crippen molar-refractivity contribution in [2.45, 2.75) is 33.1 Å². The van der Waals surface area contributed by atoms with Gasteiger partial charge in [0.2, 0.25) is 0 Å². The van der Waals surface area contributed by atoms with Crippen molar-refractivity contribution in [3.05, 3.63) is 29.3 Å². The van der Waals surface area contributed by atoms with Gasteiger partial charge >= 0.3 is 5.97 Å². The SMILES string of the molecule is Cc1cccc2c1C(CC(C)(C)C(=O)O)CN2C. The fraction of sp³-hybridized carbons (Fsp3) is 0.533. The van der Waals surface area contributed by atoms with Crippen LogP contribution in [0.1, 0.15) is 37.3 Å². The predicted molar refractivity (Wildman–Crippen MR) is 73.2 cm³/mol. The Hall–Kier alpha value is -1.51. The van der Waals surface area contributed by atoms with Crippen molar-refractivity contribution >= 4 is 11.7 Å². The molecule has 1 aliphatic rings. The number of hydrogen-bond acceptors (Lipinski definition) is 2. The Morgan fingerprint density at radius 1 is 1.50 bits per heavy atom. The average molecular weight is 247 g/mol. The number of aryl methyl sites for hydroxylation is 1. The Bertz CT molecular complexity index is 479. The first-order valence-electron chi connectivity index (χ1n) is 6.37. The number of carboxylic acids is 1. The highest BCUT2D eigenvalue weighted by atomic mass is 16.4. The van der Waals surface area contributed by atoms with E-state index in [0.29, 0.717) is 12.3 Å². The molecule has 1 aromatic carbocycles. The minimum atomic E-state index is -0.716. The highest BCUT2D eigenvalue weighted by Crippen LogP contribution is 2.43. The maximum atomic E-state index is 11.3. The first-order chi connectivity index (χ1) is 8.33. The molecule has 3 nitrogen and oxygen atoms in total. The summed E-state index contributed by atoms with van der Waals surface area (Å²) < 4.78 is 0. The van der Waals surface area contributed by atoms with E-state index in [1.54, 1.807) is 0 Å². The normalized spacial score (nSPS) is 18.9. The maximum absolute atomic E-state index is 11.3. The van der Waals surface area contributed by atoms with Gasteiger partial charge in [0.05, 0.1) is 5.41 Å². The Balaban J connectivity index is 2.32. The second kappa shape index (κ2) is 4.30. The van der Waals surface area contributed by atoms with Crippen LogP contribution in [0.15, 0.2) is 18.2 Å². The molecule has 0 aromatic heterocycles. The van der Waals surface area contributed by atoms with Crippen LogP contribution in [0.2, 0.25) is 0 Å². The van der Waals surface area contributed by atoms with Crippen molar-refractivity contribution in [1.82, 2.24) is 0 Å². The average Bonchev–Trinajstić information content (AvgIpc) is 2.56. The maximum Gasteiger partial charge on any atom is 0.309 e. The van der Waals surface area contributed by atoms with Gasteiger partial charge in [-0.2, -0.15) is 0 Å². The van der Waals surface area contributed by atoms with Crippen LogP contribution in [-0.4, -0.2) is 24.7 Å². The zero-order valence-corrected chi connectivity index (χ0v) is 11.5. The van der Waals surface area contributed by atoms with Gasteiger partial charge in [0, 0.05) is 25.2 Å². The largest absolute Gasteiger partial charge is 0.481 e. The standard InChI is InChI=1S/C15H21NO2/c1-10-6-5-7-12-13(10)11(9-16(12)4)8-15(2,3)14(17)18/h5-7,11H,8-9H2,1-4H3,(H,17,18). The minimum absolute atomic E-state index is 0.317. The van der Waals surface area contributed by atoms with Gasteiger partial charge in [0.1, 0.15) is 0 Å². The molecule has 1 N–H and O–H groups in total. The summed E-state index contributed by atoms with van der Waals surface area (Å²) in [5, 5.41) is 9.27. The summed E-state index contributed by atoms with van der Waals surface area (Å²) in [6.07, 6.45) is 0.685. The monoisotopic (exact) mass is 247 g/mol. The molecule has 0 aliphatic carbocycles. The Labute approximate surface area is 108 Å². The lowest BCUT2D eigenvalue weighted by Gasteiger charge is -2.24. The lowest BCUT2D eigenvalue weighted by Crippen LogP contribution is -2.27. The molecule has 2 rings (SSSR count). The molecule has 1 heterocycles. The fourth-order valence-electron chi connectivity index (χ4n) is 2.92. The molecule has 0 spiro atoms. The van der Waals surface area contributed by atoms with Gasteiger partial charge in [-0.05, 0) is 44.4 Å². The number of carboxylic acid groups (broad SMARTS) is 1. The predicted octanol–water partition coefficient (Wildman–Crippen LogP) is 3.03. The third-order valence-electron chi connectivity index (χ3n) is 3.95. The number of anilines is 1. The van der Waals surface area contributed by atoms with Crippen LogP contribution in [0, 0.1) is 12.3 Å². The summed E-state index contributed by atoms with van der Waals surface area (Å²) in [7, 11) is 2.08. The first kappa shape index (κ1) is 12.9. The molecule has 1 aromatic rings. The van der Waals surface area contributed by atoms with Crippen LogP contribution in [0.4, 0.5) is 5.69 Å². The summed E-state index contributed by atoms with van der Waals surface area (Å²) in [5.74, 6) is -0.399. The number of likely N-dealkylation sites (N-methyl/N-ethyl adjacent to an activating group) is 1. The van der Waals surface area contributed by atoms with Gasteiger partial charge in [-0.25, -0.2) is 0 Å². The van der Waals surface area contributed by atoms with Gasteiger partial charge in [0.15, 0.2) is 0 Å². The van der Waals surface area contributed by atoms with E-state index in [2.05, 4.69) is 37.1 Å². The van der Waals surface area contributed by atoms with Gasteiger partial charge < -0.3 is 10.0 Å². The smallest absolute Gasteiger partial charge is 0.309 e. The van der Waals surface area contributed by atoms with E-state index in [1.807, 2.05) is 13.8 Å². The molecule has 0 amide bonds. The van der Waals surface area contributed by atoms with Crippen LogP contribution in [0.3, 0.4) is 0 Å². The lowest BCUT2D eigenvalue weighted by atomic mass is 9.80. The van der Waals surface area contributed by atoms with Crippen LogP contribution >= 0.6 is 0 Å². The topological polar surface area (TPSA) is 40.5 Å². The number of carbonyl (C=O) groups is 1. The second-order valence-electron chi connectivity index (χ2n) is 5.98. The fourth-order valence-corrected chi connectivity index (χ4v) is 2.92. The third-order valence-corrected chi connectivity index (χ3v) is 3.95. The highest BCUT2D eigenvalue weighted by Gasteiger charge is 2.36. The van der Waals surface area contributed by atoms with E-state index >= 15 is 0 Å². The van der Waals surface area contributed by atoms with Crippen LogP contribution in [0.5, 0.6) is 0 Å². The molecule has 0 saturated carbocycles. The molecule has 0 fully saturated rings. The lowest BCUT2D eigenvalue weighted by molar-refractivity contribution is -0.147. The molecule has 1 unspecified atom stereocenters. The molecule has 0 saturated heterocycles. The van der Waals surface area contributed by atoms with Crippen molar-refractivity contribution in [3.8, 4) is 0 Å². The van der Waals surface area contributed by atoms with E-state index < -0.39 is 11.4 Å². The molecule has 18 heavy (non-hydrogen) atoms. The first-order valence-corrected chi connectivity index (χ1v) is 6.37. The number of hydrogen-bond donors (Lipinski definition) is 1. The molecular weight excluding hydrogens is 226 g/mol. The molecule has 1 atom stereocenters. The number of fused-ring (bicyclic) bond motifs is 1. The van der Waals surface area contributed by atoms with Gasteiger partial charge in [-0.15, -0.1) is 0 Å².